The Morgan fingerprint density at radius 2 is 1.92 bits per heavy atom. The molecule has 0 spiro atoms. The van der Waals surface area contributed by atoms with Crippen LogP contribution in [-0.4, -0.2) is 26.6 Å². The second-order valence-electron chi connectivity index (χ2n) is 6.27. The van der Waals surface area contributed by atoms with Gasteiger partial charge in [-0.3, -0.25) is 0 Å². The average Bonchev–Trinajstić information content (AvgIpc) is 2.88. The summed E-state index contributed by atoms with van der Waals surface area (Å²) in [6.07, 6.45) is 2.54. The first-order valence-electron chi connectivity index (χ1n) is 8.82. The maximum Gasteiger partial charge on any atom is 0.344 e. The molecule has 0 fully saturated rings. The minimum absolute atomic E-state index is 0.172. The summed E-state index contributed by atoms with van der Waals surface area (Å²) in [5, 5.41) is 0. The largest absolute Gasteiger partial charge is 0.459 e. The molecule has 3 aromatic rings. The van der Waals surface area contributed by atoms with Crippen LogP contribution in [0.3, 0.4) is 0 Å². The van der Waals surface area contributed by atoms with Gasteiger partial charge in [-0.25, -0.2) is 14.8 Å². The fourth-order valence-electron chi connectivity index (χ4n) is 2.79. The third kappa shape index (κ3) is 3.16. The number of esters is 1. The van der Waals surface area contributed by atoms with E-state index in [2.05, 4.69) is 11.9 Å². The molecule has 0 aliphatic rings. The van der Waals surface area contributed by atoms with Gasteiger partial charge in [0.05, 0.1) is 17.1 Å². The summed E-state index contributed by atoms with van der Waals surface area (Å²) < 4.78 is 7.38. The lowest BCUT2D eigenvalue weighted by molar-refractivity contribution is 0.0338. The third-order valence-corrected chi connectivity index (χ3v) is 4.41. The van der Waals surface area contributed by atoms with E-state index in [4.69, 9.17) is 15.5 Å². The molecule has 3 rings (SSSR count). The highest BCUT2D eigenvalue weighted by atomic mass is 16.5. The third-order valence-electron chi connectivity index (χ3n) is 4.41. The Hall–Kier alpha value is -2.63. The van der Waals surface area contributed by atoms with Crippen LogP contribution in [0, 0.1) is 0 Å². The zero-order valence-electron chi connectivity index (χ0n) is 15.0. The van der Waals surface area contributed by atoms with Crippen molar-refractivity contribution in [2.24, 2.45) is 0 Å². The first-order chi connectivity index (χ1) is 12.1. The fourth-order valence-corrected chi connectivity index (χ4v) is 2.79. The molecule has 2 heterocycles. The number of rotatable bonds is 6. The predicted octanol–water partition coefficient (Wildman–Crippen LogP) is 3.92. The van der Waals surface area contributed by atoms with Crippen LogP contribution in [-0.2, 0) is 11.3 Å². The Kier molecular flexibility index (Phi) is 4.88. The molecule has 0 aliphatic carbocycles. The molecule has 2 N–H and O–H groups in total. The van der Waals surface area contributed by atoms with E-state index in [1.807, 2.05) is 42.7 Å². The van der Waals surface area contributed by atoms with Crippen LogP contribution in [0.4, 0.5) is 5.82 Å². The molecular weight excluding hydrogens is 316 g/mol. The number of nitrogens with two attached hydrogens (primary N) is 1. The van der Waals surface area contributed by atoms with Crippen LogP contribution < -0.4 is 5.73 Å². The Morgan fingerprint density at radius 1 is 1.24 bits per heavy atom. The molecule has 25 heavy (non-hydrogen) atoms. The number of ether oxygens (including phenoxy) is 1. The average molecular weight is 340 g/mol. The summed E-state index contributed by atoms with van der Waals surface area (Å²) in [6.45, 7) is 6.65. The number of carbonyl (C=O) groups is 1. The molecular formula is C19H24N4O2. The lowest BCUT2D eigenvalue weighted by Crippen LogP contribution is -2.16. The van der Waals surface area contributed by atoms with E-state index in [0.29, 0.717) is 29.1 Å². The Morgan fingerprint density at radius 3 is 2.56 bits per heavy atom. The van der Waals surface area contributed by atoms with Gasteiger partial charge in [-0.2, -0.15) is 0 Å². The van der Waals surface area contributed by atoms with E-state index >= 15 is 0 Å². The van der Waals surface area contributed by atoms with E-state index in [1.54, 1.807) is 0 Å². The highest BCUT2D eigenvalue weighted by molar-refractivity contribution is 6.08. The normalized spacial score (nSPS) is 12.6. The number of nitrogens with zero attached hydrogens (tertiary/aromatic N) is 3. The quantitative estimate of drug-likeness (QED) is 0.688. The first kappa shape index (κ1) is 17.2. The summed E-state index contributed by atoms with van der Waals surface area (Å²) in [5.41, 5.74) is 9.32. The molecule has 0 amide bonds. The summed E-state index contributed by atoms with van der Waals surface area (Å²) >= 11 is 0. The minimum atomic E-state index is -0.434. The molecule has 0 bridgehead atoms. The number of benzene rings is 1. The number of aryl methyl sites for hydroxylation is 1. The van der Waals surface area contributed by atoms with Crippen molar-refractivity contribution in [3.63, 3.8) is 0 Å². The van der Waals surface area contributed by atoms with Gasteiger partial charge in [0.15, 0.2) is 5.65 Å². The highest BCUT2D eigenvalue weighted by Crippen LogP contribution is 2.29. The van der Waals surface area contributed by atoms with Crippen LogP contribution in [0.25, 0.3) is 22.2 Å². The fraction of sp³-hybridized carbons (Fsp3) is 0.421. The SMILES string of the molecule is CCCCn1c(N)c(C(=O)O[C@@H](C)CC)c2nc3ccccc3nc21. The summed E-state index contributed by atoms with van der Waals surface area (Å²) in [6, 6.07) is 7.61. The molecule has 2 aromatic heterocycles. The van der Waals surface area contributed by atoms with Crippen LogP contribution in [0.15, 0.2) is 24.3 Å². The van der Waals surface area contributed by atoms with Gasteiger partial charge >= 0.3 is 5.97 Å². The molecule has 0 unspecified atom stereocenters. The van der Waals surface area contributed by atoms with Gasteiger partial charge in [-0.15, -0.1) is 0 Å². The van der Waals surface area contributed by atoms with Gasteiger partial charge < -0.3 is 15.0 Å². The molecule has 6 heteroatoms. The number of carbonyl (C=O) groups excluding carboxylic acids is 1. The Balaban J connectivity index is 2.21. The number of anilines is 1. The van der Waals surface area contributed by atoms with Crippen LogP contribution in [0.2, 0.25) is 0 Å². The summed E-state index contributed by atoms with van der Waals surface area (Å²) in [7, 11) is 0. The molecule has 0 saturated carbocycles. The topological polar surface area (TPSA) is 83.0 Å². The van der Waals surface area contributed by atoms with Crippen molar-refractivity contribution in [3.8, 4) is 0 Å². The van der Waals surface area contributed by atoms with E-state index in [-0.39, 0.29) is 6.10 Å². The van der Waals surface area contributed by atoms with Crippen molar-refractivity contribution in [1.82, 2.24) is 14.5 Å². The molecule has 6 nitrogen and oxygen atoms in total. The van der Waals surface area contributed by atoms with E-state index in [9.17, 15) is 4.79 Å². The lowest BCUT2D eigenvalue weighted by atomic mass is 10.2. The second-order valence-corrected chi connectivity index (χ2v) is 6.27. The second kappa shape index (κ2) is 7.09. The number of unbranched alkanes of at least 4 members (excludes halogenated alkanes) is 1. The van der Waals surface area contributed by atoms with Crippen LogP contribution >= 0.6 is 0 Å². The zero-order valence-corrected chi connectivity index (χ0v) is 15.0. The van der Waals surface area contributed by atoms with E-state index in [1.165, 1.54) is 0 Å². The minimum Gasteiger partial charge on any atom is -0.459 e. The van der Waals surface area contributed by atoms with Gasteiger partial charge in [0, 0.05) is 6.54 Å². The van der Waals surface area contributed by atoms with Crippen molar-refractivity contribution < 1.29 is 9.53 Å². The first-order valence-corrected chi connectivity index (χ1v) is 8.82. The van der Waals surface area contributed by atoms with E-state index in [0.717, 1.165) is 30.3 Å². The van der Waals surface area contributed by atoms with Crippen LogP contribution in [0.1, 0.15) is 50.4 Å². The number of hydrogen-bond acceptors (Lipinski definition) is 5. The smallest absolute Gasteiger partial charge is 0.344 e. The number of para-hydroxylation sites is 2. The molecule has 1 aromatic carbocycles. The van der Waals surface area contributed by atoms with Gasteiger partial charge in [-0.05, 0) is 31.9 Å². The van der Waals surface area contributed by atoms with Crippen molar-refractivity contribution in [3.05, 3.63) is 29.8 Å². The van der Waals surface area contributed by atoms with E-state index < -0.39 is 5.97 Å². The maximum atomic E-state index is 12.7. The molecule has 0 radical (unpaired) electrons. The number of aromatic nitrogens is 3. The molecule has 1 atom stereocenters. The molecule has 0 aliphatic heterocycles. The monoisotopic (exact) mass is 340 g/mol. The summed E-state index contributed by atoms with van der Waals surface area (Å²) in [5.74, 6) is -0.0521. The number of hydrogen-bond donors (Lipinski definition) is 1. The van der Waals surface area contributed by atoms with Gasteiger partial charge in [0.1, 0.15) is 16.9 Å². The predicted molar refractivity (Wildman–Crippen MR) is 99.5 cm³/mol. The van der Waals surface area contributed by atoms with Crippen molar-refractivity contribution in [2.45, 2.75) is 52.7 Å². The lowest BCUT2D eigenvalue weighted by Gasteiger charge is -2.11. The van der Waals surface area contributed by atoms with Crippen molar-refractivity contribution >= 4 is 34.0 Å². The maximum absolute atomic E-state index is 12.7. The highest BCUT2D eigenvalue weighted by Gasteiger charge is 2.25. The number of fused-ring (bicyclic) bond motifs is 2. The van der Waals surface area contributed by atoms with Gasteiger partial charge in [0.25, 0.3) is 0 Å². The number of nitrogen functional groups attached to an aromatic ring is 1. The van der Waals surface area contributed by atoms with Crippen molar-refractivity contribution in [1.29, 1.82) is 0 Å². The Labute approximate surface area is 147 Å². The van der Waals surface area contributed by atoms with Crippen LogP contribution in [0.5, 0.6) is 0 Å². The van der Waals surface area contributed by atoms with Gasteiger partial charge in [0.2, 0.25) is 0 Å². The zero-order chi connectivity index (χ0) is 18.0. The molecule has 0 saturated heterocycles. The Bertz CT molecular complexity index is 917. The van der Waals surface area contributed by atoms with Gasteiger partial charge in [-0.1, -0.05) is 32.4 Å². The molecule has 132 valence electrons. The summed E-state index contributed by atoms with van der Waals surface area (Å²) in [4.78, 5) is 22.1. The standard InChI is InChI=1S/C19H24N4O2/c1-4-6-11-23-17(20)15(19(24)25-12(3)5-2)16-18(23)22-14-10-8-7-9-13(14)21-16/h7-10,12H,4-6,11,20H2,1-3H3/t12-/m0/s1. The van der Waals surface area contributed by atoms with Crippen molar-refractivity contribution in [2.75, 3.05) is 5.73 Å².